The first kappa shape index (κ1) is 14.2. The van der Waals surface area contributed by atoms with E-state index in [0.717, 1.165) is 11.4 Å². The summed E-state index contributed by atoms with van der Waals surface area (Å²) < 4.78 is 5.13. The van der Waals surface area contributed by atoms with Crippen molar-refractivity contribution >= 4 is 35.2 Å². The van der Waals surface area contributed by atoms with Crippen LogP contribution in [0.15, 0.2) is 51.5 Å². The van der Waals surface area contributed by atoms with E-state index < -0.39 is 10.8 Å². The smallest absolute Gasteiger partial charge is 0.401 e. The Morgan fingerprint density at radius 3 is 2.67 bits per heavy atom. The first-order valence-electron chi connectivity index (χ1n) is 7.36. The van der Waals surface area contributed by atoms with Crippen LogP contribution in [0.1, 0.15) is 12.7 Å². The minimum absolute atomic E-state index is 0.230. The van der Waals surface area contributed by atoms with E-state index in [2.05, 4.69) is 4.99 Å². The molecule has 3 heterocycles. The number of aliphatic imine (C=N–C) groups is 1. The van der Waals surface area contributed by atoms with Crippen LogP contribution in [0.5, 0.6) is 0 Å². The van der Waals surface area contributed by atoms with Gasteiger partial charge in [-0.15, -0.1) is 0 Å². The zero-order valence-electron chi connectivity index (χ0n) is 12.7. The quantitative estimate of drug-likeness (QED) is 0.490. The maximum Gasteiger partial charge on any atom is 0.433 e. The molecule has 24 heavy (non-hydrogen) atoms. The first-order chi connectivity index (χ1) is 11.6. The standard InChI is InChI=1S/C16H12N4O4/c1-2-18-11-5-3-4-6-12(11)19-13(15(21)17-16(18)19)9-10-7-8-14(24-10)20(22)23/h3-9H,2H2,1H3/b13-9-. The van der Waals surface area contributed by atoms with Crippen molar-refractivity contribution in [3.8, 4) is 0 Å². The molecule has 0 saturated carbocycles. The second kappa shape index (κ2) is 5.05. The summed E-state index contributed by atoms with van der Waals surface area (Å²) in [4.78, 5) is 30.2. The van der Waals surface area contributed by atoms with Gasteiger partial charge in [0.15, 0.2) is 0 Å². The molecule has 1 aromatic heterocycles. The minimum Gasteiger partial charge on any atom is -0.401 e. The van der Waals surface area contributed by atoms with Crippen molar-refractivity contribution in [3.05, 3.63) is 58.0 Å². The SMILES string of the molecule is CCN1C2=NC(=O)/C(=C/c3ccc([N+](=O)[O-])o3)N2c2ccccc21. The molecule has 1 aromatic carbocycles. The summed E-state index contributed by atoms with van der Waals surface area (Å²) in [6.07, 6.45) is 1.47. The second-order valence-electron chi connectivity index (χ2n) is 5.25. The van der Waals surface area contributed by atoms with Gasteiger partial charge in [-0.25, -0.2) is 0 Å². The topological polar surface area (TPSA) is 92.2 Å². The maximum atomic E-state index is 12.3. The van der Waals surface area contributed by atoms with E-state index in [9.17, 15) is 14.9 Å². The number of amides is 1. The molecule has 1 amide bonds. The average Bonchev–Trinajstić information content (AvgIpc) is 3.22. The number of nitro groups is 1. The summed E-state index contributed by atoms with van der Waals surface area (Å²) in [5, 5.41) is 10.7. The Labute approximate surface area is 136 Å². The second-order valence-corrected chi connectivity index (χ2v) is 5.25. The van der Waals surface area contributed by atoms with Crippen molar-refractivity contribution in [3.63, 3.8) is 0 Å². The lowest BCUT2D eigenvalue weighted by Crippen LogP contribution is -2.34. The summed E-state index contributed by atoms with van der Waals surface area (Å²) in [6.45, 7) is 2.64. The van der Waals surface area contributed by atoms with Crippen molar-refractivity contribution in [2.45, 2.75) is 6.92 Å². The molecule has 0 bridgehead atoms. The molecule has 0 spiro atoms. The predicted octanol–water partition coefficient (Wildman–Crippen LogP) is 2.77. The van der Waals surface area contributed by atoms with Gasteiger partial charge in [0.25, 0.3) is 5.91 Å². The Kier molecular flexibility index (Phi) is 2.99. The summed E-state index contributed by atoms with van der Waals surface area (Å²) in [5.41, 5.74) is 2.11. The van der Waals surface area contributed by atoms with Crippen LogP contribution < -0.4 is 9.80 Å². The van der Waals surface area contributed by atoms with Crippen LogP contribution >= 0.6 is 0 Å². The third kappa shape index (κ3) is 1.93. The number of furan rings is 1. The molecule has 2 aliphatic heterocycles. The highest BCUT2D eigenvalue weighted by Gasteiger charge is 2.41. The molecule has 8 heteroatoms. The number of carbonyl (C=O) groups excluding carboxylic acids is 1. The van der Waals surface area contributed by atoms with Gasteiger partial charge in [-0.3, -0.25) is 19.8 Å². The lowest BCUT2D eigenvalue weighted by molar-refractivity contribution is -0.402. The van der Waals surface area contributed by atoms with Crippen LogP contribution in [-0.4, -0.2) is 23.3 Å². The fourth-order valence-corrected chi connectivity index (χ4v) is 2.90. The van der Waals surface area contributed by atoms with Crippen LogP contribution in [0.2, 0.25) is 0 Å². The van der Waals surface area contributed by atoms with E-state index in [-0.39, 0.29) is 11.6 Å². The molecular formula is C16H12N4O4. The molecule has 0 N–H and O–H groups in total. The van der Waals surface area contributed by atoms with Gasteiger partial charge in [0.1, 0.15) is 16.4 Å². The van der Waals surface area contributed by atoms with Gasteiger partial charge in [-0.1, -0.05) is 12.1 Å². The summed E-state index contributed by atoms with van der Waals surface area (Å²) >= 11 is 0. The van der Waals surface area contributed by atoms with Crippen molar-refractivity contribution in [2.75, 3.05) is 16.3 Å². The highest BCUT2D eigenvalue weighted by atomic mass is 16.6. The molecule has 2 aliphatic rings. The van der Waals surface area contributed by atoms with E-state index in [1.807, 2.05) is 36.1 Å². The summed E-state index contributed by atoms with van der Waals surface area (Å²) in [7, 11) is 0. The van der Waals surface area contributed by atoms with Crippen molar-refractivity contribution < 1.29 is 14.1 Å². The van der Waals surface area contributed by atoms with E-state index in [0.29, 0.717) is 18.2 Å². The van der Waals surface area contributed by atoms with E-state index in [1.165, 1.54) is 18.2 Å². The maximum absolute atomic E-state index is 12.3. The third-order valence-corrected chi connectivity index (χ3v) is 3.90. The molecule has 0 fully saturated rings. The first-order valence-corrected chi connectivity index (χ1v) is 7.36. The number of carbonyl (C=O) groups is 1. The number of fused-ring (bicyclic) bond motifs is 3. The molecule has 8 nitrogen and oxygen atoms in total. The monoisotopic (exact) mass is 324 g/mol. The molecule has 2 aromatic rings. The molecule has 0 radical (unpaired) electrons. The Morgan fingerprint density at radius 1 is 1.25 bits per heavy atom. The van der Waals surface area contributed by atoms with Gasteiger partial charge in [-0.05, 0) is 25.1 Å². The van der Waals surface area contributed by atoms with Crippen molar-refractivity contribution in [1.82, 2.24) is 0 Å². The van der Waals surface area contributed by atoms with E-state index in [1.54, 1.807) is 4.90 Å². The lowest BCUT2D eigenvalue weighted by atomic mass is 10.2. The Balaban J connectivity index is 1.80. The van der Waals surface area contributed by atoms with Crippen LogP contribution in [0.3, 0.4) is 0 Å². The highest BCUT2D eigenvalue weighted by Crippen LogP contribution is 2.42. The van der Waals surface area contributed by atoms with Crippen LogP contribution in [0, 0.1) is 10.1 Å². The number of rotatable bonds is 3. The highest BCUT2D eigenvalue weighted by molar-refractivity contribution is 6.31. The van der Waals surface area contributed by atoms with Gasteiger partial charge in [0.05, 0.1) is 17.4 Å². The summed E-state index contributed by atoms with van der Waals surface area (Å²) in [5.74, 6) is -0.00705. The number of nitrogens with zero attached hydrogens (tertiary/aromatic N) is 4. The molecule has 4 rings (SSSR count). The third-order valence-electron chi connectivity index (χ3n) is 3.90. The van der Waals surface area contributed by atoms with Gasteiger partial charge in [0.2, 0.25) is 5.96 Å². The lowest BCUT2D eigenvalue weighted by Gasteiger charge is -2.16. The largest absolute Gasteiger partial charge is 0.433 e. The van der Waals surface area contributed by atoms with Gasteiger partial charge >= 0.3 is 5.88 Å². The van der Waals surface area contributed by atoms with Crippen LogP contribution in [0.4, 0.5) is 17.3 Å². The van der Waals surface area contributed by atoms with Gasteiger partial charge in [-0.2, -0.15) is 4.99 Å². The molecule has 0 aliphatic carbocycles. The number of hydrogen-bond donors (Lipinski definition) is 0. The summed E-state index contributed by atoms with van der Waals surface area (Å²) in [6, 6.07) is 10.4. The van der Waals surface area contributed by atoms with E-state index >= 15 is 0 Å². The number of benzene rings is 1. The molecule has 120 valence electrons. The molecular weight excluding hydrogens is 312 g/mol. The van der Waals surface area contributed by atoms with Crippen LogP contribution in [0.25, 0.3) is 6.08 Å². The predicted molar refractivity (Wildman–Crippen MR) is 87.7 cm³/mol. The van der Waals surface area contributed by atoms with Crippen molar-refractivity contribution in [2.24, 2.45) is 4.99 Å². The number of hydrogen-bond acceptors (Lipinski definition) is 6. The zero-order chi connectivity index (χ0) is 16.8. The number of guanidine groups is 1. The van der Waals surface area contributed by atoms with Crippen LogP contribution in [-0.2, 0) is 4.79 Å². The normalized spacial score (nSPS) is 17.3. The van der Waals surface area contributed by atoms with Crippen molar-refractivity contribution in [1.29, 1.82) is 0 Å². The van der Waals surface area contributed by atoms with Gasteiger partial charge < -0.3 is 9.32 Å². The Morgan fingerprint density at radius 2 is 2.00 bits per heavy atom. The van der Waals surface area contributed by atoms with E-state index in [4.69, 9.17) is 4.42 Å². The molecule has 0 unspecified atom stereocenters. The zero-order valence-corrected chi connectivity index (χ0v) is 12.7. The average molecular weight is 324 g/mol. The fraction of sp³-hybridized carbons (Fsp3) is 0.125. The van der Waals surface area contributed by atoms with Gasteiger partial charge in [0, 0.05) is 12.6 Å². The number of anilines is 2. The number of para-hydroxylation sites is 2. The Hall–Kier alpha value is -3.42. The minimum atomic E-state index is -0.621. The molecule has 0 saturated heterocycles. The Bertz CT molecular complexity index is 928. The molecule has 0 atom stereocenters. The fourth-order valence-electron chi connectivity index (χ4n) is 2.90.